The van der Waals surface area contributed by atoms with Gasteiger partial charge in [0.2, 0.25) is 0 Å². The third-order valence-corrected chi connectivity index (χ3v) is 5.09. The molecule has 31 heavy (non-hydrogen) atoms. The molecule has 3 aromatic rings. The first-order valence-corrected chi connectivity index (χ1v) is 10.1. The Bertz CT molecular complexity index is 968. The van der Waals surface area contributed by atoms with E-state index in [-0.39, 0.29) is 5.82 Å². The van der Waals surface area contributed by atoms with Crippen LogP contribution < -0.4 is 0 Å². The second kappa shape index (κ2) is 10.6. The van der Waals surface area contributed by atoms with Gasteiger partial charge >= 0.3 is 6.18 Å². The number of rotatable bonds is 10. The van der Waals surface area contributed by atoms with E-state index in [9.17, 15) is 17.6 Å². The molecule has 7 heteroatoms. The van der Waals surface area contributed by atoms with Crippen LogP contribution >= 0.6 is 0 Å². The quantitative estimate of drug-likeness (QED) is 0.299. The molecule has 0 N–H and O–H groups in total. The SMILES string of the molecule is COCCCN(Cc1ccccc1F)Cc1cccn1Cc1cccc(C(F)(F)F)c1. The minimum atomic E-state index is -4.37. The summed E-state index contributed by atoms with van der Waals surface area (Å²) in [4.78, 5) is 2.12. The van der Waals surface area contributed by atoms with Crippen molar-refractivity contribution in [3.8, 4) is 0 Å². The predicted molar refractivity (Wildman–Crippen MR) is 112 cm³/mol. The Hall–Kier alpha value is -2.64. The molecule has 166 valence electrons. The van der Waals surface area contributed by atoms with Gasteiger partial charge in [0.1, 0.15) is 5.82 Å². The lowest BCUT2D eigenvalue weighted by Gasteiger charge is -2.23. The molecule has 0 amide bonds. The number of alkyl halides is 3. The van der Waals surface area contributed by atoms with E-state index in [1.54, 1.807) is 25.3 Å². The van der Waals surface area contributed by atoms with Gasteiger partial charge in [-0.2, -0.15) is 13.2 Å². The molecular weight excluding hydrogens is 408 g/mol. The average molecular weight is 434 g/mol. The third-order valence-electron chi connectivity index (χ3n) is 5.09. The Kier molecular flexibility index (Phi) is 7.87. The lowest BCUT2D eigenvalue weighted by atomic mass is 10.1. The third kappa shape index (κ3) is 6.67. The van der Waals surface area contributed by atoms with E-state index in [0.717, 1.165) is 18.2 Å². The zero-order chi connectivity index (χ0) is 22.3. The van der Waals surface area contributed by atoms with Crippen LogP contribution in [0.2, 0.25) is 0 Å². The van der Waals surface area contributed by atoms with E-state index in [0.29, 0.717) is 43.9 Å². The maximum atomic E-state index is 14.2. The molecule has 1 heterocycles. The fraction of sp³-hybridized carbons (Fsp3) is 0.333. The molecule has 0 fully saturated rings. The molecule has 0 unspecified atom stereocenters. The number of methoxy groups -OCH3 is 1. The number of ether oxygens (including phenoxy) is 1. The first kappa shape index (κ1) is 23.0. The van der Waals surface area contributed by atoms with Crippen molar-refractivity contribution < 1.29 is 22.3 Å². The maximum absolute atomic E-state index is 14.2. The molecule has 0 aliphatic carbocycles. The highest BCUT2D eigenvalue weighted by Gasteiger charge is 2.30. The van der Waals surface area contributed by atoms with E-state index in [4.69, 9.17) is 4.74 Å². The van der Waals surface area contributed by atoms with Gasteiger partial charge in [0.05, 0.1) is 5.56 Å². The smallest absolute Gasteiger partial charge is 0.385 e. The second-order valence-electron chi connectivity index (χ2n) is 7.47. The Labute approximate surface area is 179 Å². The summed E-state index contributed by atoms with van der Waals surface area (Å²) in [6, 6.07) is 15.9. The van der Waals surface area contributed by atoms with Crippen molar-refractivity contribution >= 4 is 0 Å². The Morgan fingerprint density at radius 2 is 1.77 bits per heavy atom. The van der Waals surface area contributed by atoms with Gasteiger partial charge in [-0.15, -0.1) is 0 Å². The normalized spacial score (nSPS) is 11.9. The molecule has 0 radical (unpaired) electrons. The van der Waals surface area contributed by atoms with Crippen LogP contribution in [0.3, 0.4) is 0 Å². The molecule has 0 atom stereocenters. The van der Waals surface area contributed by atoms with E-state index in [2.05, 4.69) is 4.90 Å². The zero-order valence-electron chi connectivity index (χ0n) is 17.4. The summed E-state index contributed by atoms with van der Waals surface area (Å²) in [5.74, 6) is -0.251. The topological polar surface area (TPSA) is 17.4 Å². The Morgan fingerprint density at radius 1 is 0.968 bits per heavy atom. The van der Waals surface area contributed by atoms with Crippen molar-refractivity contribution in [1.82, 2.24) is 9.47 Å². The van der Waals surface area contributed by atoms with Crippen molar-refractivity contribution in [2.24, 2.45) is 0 Å². The summed E-state index contributed by atoms with van der Waals surface area (Å²) in [5.41, 5.74) is 1.48. The van der Waals surface area contributed by atoms with Gasteiger partial charge in [0, 0.05) is 57.3 Å². The molecule has 2 aromatic carbocycles. The summed E-state index contributed by atoms with van der Waals surface area (Å²) in [6.45, 7) is 2.61. The number of nitrogens with zero attached hydrogens (tertiary/aromatic N) is 2. The van der Waals surface area contributed by atoms with Gasteiger partial charge in [-0.1, -0.05) is 30.3 Å². The van der Waals surface area contributed by atoms with E-state index in [1.165, 1.54) is 18.2 Å². The predicted octanol–water partition coefficient (Wildman–Crippen LogP) is 5.73. The Balaban J connectivity index is 1.75. The van der Waals surface area contributed by atoms with Crippen LogP contribution in [-0.4, -0.2) is 29.7 Å². The van der Waals surface area contributed by atoms with Crippen molar-refractivity contribution in [1.29, 1.82) is 0 Å². The molecule has 0 aliphatic heterocycles. The van der Waals surface area contributed by atoms with E-state index >= 15 is 0 Å². The molecule has 0 saturated heterocycles. The van der Waals surface area contributed by atoms with Crippen LogP contribution in [0, 0.1) is 5.82 Å². The molecule has 0 saturated carbocycles. The number of benzene rings is 2. The number of halogens is 4. The largest absolute Gasteiger partial charge is 0.416 e. The Morgan fingerprint density at radius 3 is 2.52 bits per heavy atom. The summed E-state index contributed by atoms with van der Waals surface area (Å²) in [6.07, 6.45) is -1.72. The van der Waals surface area contributed by atoms with Crippen LogP contribution in [0.1, 0.15) is 28.8 Å². The first-order chi connectivity index (χ1) is 14.9. The van der Waals surface area contributed by atoms with Crippen molar-refractivity contribution in [2.75, 3.05) is 20.3 Å². The fourth-order valence-electron chi connectivity index (χ4n) is 3.53. The van der Waals surface area contributed by atoms with Gasteiger partial charge in [-0.25, -0.2) is 4.39 Å². The van der Waals surface area contributed by atoms with Crippen LogP contribution in [0.25, 0.3) is 0 Å². The molecule has 0 spiro atoms. The minimum Gasteiger partial charge on any atom is -0.385 e. The van der Waals surface area contributed by atoms with E-state index in [1.807, 2.05) is 29.0 Å². The highest BCUT2D eigenvalue weighted by molar-refractivity contribution is 5.26. The summed E-state index contributed by atoms with van der Waals surface area (Å²) in [7, 11) is 1.64. The standard InChI is InChI=1S/C24H26F4N2O/c1-31-14-6-12-29(17-20-8-2-3-11-23(20)25)18-22-10-5-13-30(22)16-19-7-4-9-21(15-19)24(26,27)28/h2-5,7-11,13,15H,6,12,14,16-18H2,1H3. The van der Waals surface area contributed by atoms with Crippen LogP contribution in [0.5, 0.6) is 0 Å². The van der Waals surface area contributed by atoms with Gasteiger partial charge < -0.3 is 9.30 Å². The van der Waals surface area contributed by atoms with Crippen molar-refractivity contribution in [3.63, 3.8) is 0 Å². The van der Waals surface area contributed by atoms with Crippen molar-refractivity contribution in [3.05, 3.63) is 95.1 Å². The molecule has 0 aliphatic rings. The lowest BCUT2D eigenvalue weighted by Crippen LogP contribution is -2.26. The summed E-state index contributed by atoms with van der Waals surface area (Å²) < 4.78 is 60.3. The van der Waals surface area contributed by atoms with Crippen LogP contribution in [-0.2, 0) is 30.5 Å². The van der Waals surface area contributed by atoms with Crippen molar-refractivity contribution in [2.45, 2.75) is 32.2 Å². The summed E-state index contributed by atoms with van der Waals surface area (Å²) in [5, 5.41) is 0. The molecule has 0 bridgehead atoms. The first-order valence-electron chi connectivity index (χ1n) is 10.1. The zero-order valence-corrected chi connectivity index (χ0v) is 17.4. The maximum Gasteiger partial charge on any atom is 0.416 e. The molecular formula is C24H26F4N2O. The number of hydrogen-bond acceptors (Lipinski definition) is 2. The van der Waals surface area contributed by atoms with Gasteiger partial charge in [-0.05, 0) is 42.3 Å². The second-order valence-corrected chi connectivity index (χ2v) is 7.47. The minimum absolute atomic E-state index is 0.251. The molecule has 3 nitrogen and oxygen atoms in total. The van der Waals surface area contributed by atoms with Gasteiger partial charge in [0.15, 0.2) is 0 Å². The monoisotopic (exact) mass is 434 g/mol. The fourth-order valence-corrected chi connectivity index (χ4v) is 3.53. The van der Waals surface area contributed by atoms with Crippen LogP contribution in [0.4, 0.5) is 17.6 Å². The highest BCUT2D eigenvalue weighted by atomic mass is 19.4. The van der Waals surface area contributed by atoms with E-state index < -0.39 is 11.7 Å². The van der Waals surface area contributed by atoms with Gasteiger partial charge in [-0.3, -0.25) is 4.90 Å². The number of hydrogen-bond donors (Lipinski definition) is 0. The number of aromatic nitrogens is 1. The highest BCUT2D eigenvalue weighted by Crippen LogP contribution is 2.29. The summed E-state index contributed by atoms with van der Waals surface area (Å²) >= 11 is 0. The van der Waals surface area contributed by atoms with Crippen LogP contribution in [0.15, 0.2) is 66.9 Å². The van der Waals surface area contributed by atoms with Gasteiger partial charge in [0.25, 0.3) is 0 Å². The average Bonchev–Trinajstić information content (AvgIpc) is 3.16. The lowest BCUT2D eigenvalue weighted by molar-refractivity contribution is -0.137. The molecule has 3 rings (SSSR count). The molecule has 1 aromatic heterocycles.